The largest absolute Gasteiger partial charge is 0.357 e. The Morgan fingerprint density at radius 3 is 2.68 bits per heavy atom. The molecule has 0 aliphatic carbocycles. The number of amides is 1. The summed E-state index contributed by atoms with van der Waals surface area (Å²) in [6.45, 7) is 10.7. The number of aliphatic imine (C=N–C) groups is 1. The van der Waals surface area contributed by atoms with E-state index in [1.165, 1.54) is 0 Å². The summed E-state index contributed by atoms with van der Waals surface area (Å²) in [7, 11) is 2.06. The number of unbranched alkanes of at least 4 members (excludes halogenated alkanes) is 1. The number of guanidine groups is 1. The van der Waals surface area contributed by atoms with Crippen LogP contribution in [0, 0.1) is 0 Å². The molecule has 1 rings (SSSR count). The standard InChI is InChI=1S/C20H34N4O/c1-6-9-13-24(5)20(21-8-3)22-15-17-11-10-12-18(14-17)19(25)23-16(4)7-2/h10-12,14,16H,6-9,13,15H2,1-5H3,(H,21,22)(H,23,25). The number of nitrogens with zero attached hydrogens (tertiary/aromatic N) is 2. The lowest BCUT2D eigenvalue weighted by Crippen LogP contribution is -2.39. The van der Waals surface area contributed by atoms with Crippen molar-refractivity contribution in [3.05, 3.63) is 35.4 Å². The molecular formula is C20H34N4O. The van der Waals surface area contributed by atoms with Crippen LogP contribution in [0.5, 0.6) is 0 Å². The Hall–Kier alpha value is -2.04. The van der Waals surface area contributed by atoms with E-state index >= 15 is 0 Å². The van der Waals surface area contributed by atoms with Crippen molar-refractivity contribution in [1.82, 2.24) is 15.5 Å². The highest BCUT2D eigenvalue weighted by atomic mass is 16.1. The second-order valence-electron chi connectivity index (χ2n) is 6.43. The Morgan fingerprint density at radius 2 is 2.04 bits per heavy atom. The summed E-state index contributed by atoms with van der Waals surface area (Å²) in [5, 5.41) is 6.33. The molecule has 0 aromatic heterocycles. The van der Waals surface area contributed by atoms with E-state index in [2.05, 4.69) is 43.4 Å². The molecule has 5 heteroatoms. The maximum Gasteiger partial charge on any atom is 0.251 e. The number of hydrogen-bond acceptors (Lipinski definition) is 2. The zero-order valence-corrected chi connectivity index (χ0v) is 16.4. The molecular weight excluding hydrogens is 312 g/mol. The summed E-state index contributed by atoms with van der Waals surface area (Å²) in [6, 6.07) is 7.89. The number of benzene rings is 1. The molecule has 1 amide bonds. The van der Waals surface area contributed by atoms with Crippen LogP contribution < -0.4 is 10.6 Å². The Kier molecular flexibility index (Phi) is 9.66. The average molecular weight is 347 g/mol. The van der Waals surface area contributed by atoms with Gasteiger partial charge in [0.15, 0.2) is 5.96 Å². The van der Waals surface area contributed by atoms with E-state index in [-0.39, 0.29) is 11.9 Å². The van der Waals surface area contributed by atoms with E-state index in [4.69, 9.17) is 4.99 Å². The quantitative estimate of drug-likeness (QED) is 0.532. The molecule has 5 nitrogen and oxygen atoms in total. The molecule has 140 valence electrons. The zero-order valence-electron chi connectivity index (χ0n) is 16.4. The molecule has 2 N–H and O–H groups in total. The van der Waals surface area contributed by atoms with Crippen molar-refractivity contribution < 1.29 is 4.79 Å². The van der Waals surface area contributed by atoms with Crippen LogP contribution in [0.2, 0.25) is 0 Å². The van der Waals surface area contributed by atoms with Crippen molar-refractivity contribution in [2.45, 2.75) is 59.5 Å². The molecule has 0 saturated carbocycles. The predicted octanol–water partition coefficient (Wildman–Crippen LogP) is 3.41. The van der Waals surface area contributed by atoms with Crippen molar-refractivity contribution in [1.29, 1.82) is 0 Å². The second kappa shape index (κ2) is 11.5. The van der Waals surface area contributed by atoms with E-state index in [0.29, 0.717) is 12.1 Å². The smallest absolute Gasteiger partial charge is 0.251 e. The summed E-state index contributed by atoms with van der Waals surface area (Å²) in [6.07, 6.45) is 3.23. The van der Waals surface area contributed by atoms with Gasteiger partial charge in [-0.05, 0) is 44.4 Å². The van der Waals surface area contributed by atoms with Gasteiger partial charge in [0.25, 0.3) is 5.91 Å². The van der Waals surface area contributed by atoms with Gasteiger partial charge in [-0.1, -0.05) is 32.4 Å². The lowest BCUT2D eigenvalue weighted by atomic mass is 10.1. The number of hydrogen-bond donors (Lipinski definition) is 2. The monoisotopic (exact) mass is 346 g/mol. The third kappa shape index (κ3) is 7.59. The van der Waals surface area contributed by atoms with E-state index < -0.39 is 0 Å². The highest BCUT2D eigenvalue weighted by Crippen LogP contribution is 2.08. The molecule has 0 radical (unpaired) electrons. The minimum Gasteiger partial charge on any atom is -0.357 e. The zero-order chi connectivity index (χ0) is 18.7. The Morgan fingerprint density at radius 1 is 1.28 bits per heavy atom. The third-order valence-corrected chi connectivity index (χ3v) is 4.13. The second-order valence-corrected chi connectivity index (χ2v) is 6.43. The third-order valence-electron chi connectivity index (χ3n) is 4.13. The maximum absolute atomic E-state index is 12.3. The van der Waals surface area contributed by atoms with Crippen LogP contribution in [0.15, 0.2) is 29.3 Å². The highest BCUT2D eigenvalue weighted by molar-refractivity contribution is 5.94. The summed E-state index contributed by atoms with van der Waals surface area (Å²) in [5.74, 6) is 0.887. The highest BCUT2D eigenvalue weighted by Gasteiger charge is 2.09. The van der Waals surface area contributed by atoms with Crippen LogP contribution in [0.3, 0.4) is 0 Å². The van der Waals surface area contributed by atoms with Crippen molar-refractivity contribution in [3.63, 3.8) is 0 Å². The lowest BCUT2D eigenvalue weighted by molar-refractivity contribution is 0.0939. The summed E-state index contributed by atoms with van der Waals surface area (Å²) in [5.41, 5.74) is 1.73. The molecule has 0 fully saturated rings. The van der Waals surface area contributed by atoms with Gasteiger partial charge in [0.2, 0.25) is 0 Å². The average Bonchev–Trinajstić information content (AvgIpc) is 2.63. The minimum atomic E-state index is -0.0212. The van der Waals surface area contributed by atoms with Gasteiger partial charge in [0.05, 0.1) is 6.54 Å². The van der Waals surface area contributed by atoms with Gasteiger partial charge in [-0.15, -0.1) is 0 Å². The van der Waals surface area contributed by atoms with E-state index in [0.717, 1.165) is 43.9 Å². The molecule has 25 heavy (non-hydrogen) atoms. The van der Waals surface area contributed by atoms with Gasteiger partial charge in [-0.2, -0.15) is 0 Å². The van der Waals surface area contributed by atoms with E-state index in [1.54, 1.807) is 0 Å². The molecule has 1 aromatic carbocycles. The van der Waals surface area contributed by atoms with Gasteiger partial charge in [0.1, 0.15) is 0 Å². The summed E-state index contributed by atoms with van der Waals surface area (Å²) < 4.78 is 0. The fraction of sp³-hybridized carbons (Fsp3) is 0.600. The number of carbonyl (C=O) groups excluding carboxylic acids is 1. The predicted molar refractivity (Wildman–Crippen MR) is 106 cm³/mol. The van der Waals surface area contributed by atoms with Crippen molar-refractivity contribution in [2.75, 3.05) is 20.1 Å². The number of carbonyl (C=O) groups is 1. The van der Waals surface area contributed by atoms with Crippen LogP contribution >= 0.6 is 0 Å². The van der Waals surface area contributed by atoms with Gasteiger partial charge in [-0.3, -0.25) is 4.79 Å². The lowest BCUT2D eigenvalue weighted by Gasteiger charge is -2.21. The van der Waals surface area contributed by atoms with Gasteiger partial charge < -0.3 is 15.5 Å². The molecule has 0 heterocycles. The van der Waals surface area contributed by atoms with Crippen molar-refractivity contribution in [2.24, 2.45) is 4.99 Å². The maximum atomic E-state index is 12.3. The molecule has 1 unspecified atom stereocenters. The first kappa shape index (κ1) is 21.0. The Bertz CT molecular complexity index is 556. The number of nitrogens with one attached hydrogen (secondary N) is 2. The molecule has 1 atom stereocenters. The molecule has 0 bridgehead atoms. The SMILES string of the molecule is CCCCN(C)C(=NCc1cccc(C(=O)NC(C)CC)c1)NCC. The van der Waals surface area contributed by atoms with Crippen LogP contribution in [0.25, 0.3) is 0 Å². The molecule has 0 spiro atoms. The van der Waals surface area contributed by atoms with Crippen LogP contribution in [-0.4, -0.2) is 42.9 Å². The molecule has 0 aliphatic heterocycles. The van der Waals surface area contributed by atoms with Crippen molar-refractivity contribution in [3.8, 4) is 0 Å². The van der Waals surface area contributed by atoms with Gasteiger partial charge >= 0.3 is 0 Å². The first-order valence-electron chi connectivity index (χ1n) is 9.41. The molecule has 0 saturated heterocycles. The Balaban J connectivity index is 2.79. The van der Waals surface area contributed by atoms with Crippen molar-refractivity contribution >= 4 is 11.9 Å². The summed E-state index contributed by atoms with van der Waals surface area (Å²) >= 11 is 0. The number of rotatable bonds is 9. The Labute approximate surface area is 152 Å². The first-order valence-corrected chi connectivity index (χ1v) is 9.41. The van der Waals surface area contributed by atoms with E-state index in [9.17, 15) is 4.79 Å². The fourth-order valence-corrected chi connectivity index (χ4v) is 2.36. The fourth-order valence-electron chi connectivity index (χ4n) is 2.36. The van der Waals surface area contributed by atoms with E-state index in [1.807, 2.05) is 31.2 Å². The molecule has 1 aromatic rings. The van der Waals surface area contributed by atoms with Gasteiger partial charge in [-0.25, -0.2) is 4.99 Å². The normalized spacial score (nSPS) is 12.6. The van der Waals surface area contributed by atoms with Gasteiger partial charge in [0, 0.05) is 31.7 Å². The van der Waals surface area contributed by atoms with Crippen LogP contribution in [0.1, 0.15) is 62.9 Å². The van der Waals surface area contributed by atoms with Crippen LogP contribution in [-0.2, 0) is 6.54 Å². The molecule has 0 aliphatic rings. The van der Waals surface area contributed by atoms with Crippen LogP contribution in [0.4, 0.5) is 0 Å². The topological polar surface area (TPSA) is 56.7 Å². The summed E-state index contributed by atoms with van der Waals surface area (Å²) in [4.78, 5) is 19.1. The first-order chi connectivity index (χ1) is 12.0. The minimum absolute atomic E-state index is 0.0212.